The maximum Gasteiger partial charge on any atom is 0.165 e. The van der Waals surface area contributed by atoms with Gasteiger partial charge in [0.25, 0.3) is 0 Å². The summed E-state index contributed by atoms with van der Waals surface area (Å²) in [6.07, 6.45) is 8.72. The Morgan fingerprint density at radius 3 is 3.00 bits per heavy atom. The second-order valence-electron chi connectivity index (χ2n) is 8.50. The highest BCUT2D eigenvalue weighted by atomic mass is 16.6. The molecule has 7 nitrogen and oxygen atoms in total. The zero-order chi connectivity index (χ0) is 20.8. The average molecular weight is 417 g/mol. The molecule has 3 fully saturated rings. The van der Waals surface area contributed by atoms with Gasteiger partial charge in [0, 0.05) is 32.3 Å². The van der Waals surface area contributed by atoms with Gasteiger partial charge in [-0.2, -0.15) is 0 Å². The monoisotopic (exact) mass is 416 g/mol. The van der Waals surface area contributed by atoms with Gasteiger partial charge in [-0.15, -0.1) is 0 Å². The summed E-state index contributed by atoms with van der Waals surface area (Å²) in [5.41, 5.74) is 6.38. The van der Waals surface area contributed by atoms with Crippen LogP contribution in [0.25, 0.3) is 0 Å². The van der Waals surface area contributed by atoms with Crippen LogP contribution in [0.15, 0.2) is 36.4 Å². The summed E-state index contributed by atoms with van der Waals surface area (Å²) in [5, 5.41) is 9.53. The standard InChI is InChI=1S/C23H36N4O3/c1-17-6-3-7-18(14-17)21-10-11-27(26-21)22-15-19(8-4-12-28-2)24-23(25-22)30-16-20-9-5-13-29-20/h3-4,6-8,14,19-26H,5,9-13,15-16H2,1-2H3/b8-4+. The van der Waals surface area contributed by atoms with Crippen LogP contribution in [0, 0.1) is 6.92 Å². The van der Waals surface area contributed by atoms with E-state index in [9.17, 15) is 0 Å². The second kappa shape index (κ2) is 10.8. The molecule has 5 unspecified atom stereocenters. The summed E-state index contributed by atoms with van der Waals surface area (Å²) in [6, 6.07) is 9.37. The van der Waals surface area contributed by atoms with Crippen LogP contribution in [-0.2, 0) is 14.2 Å². The Morgan fingerprint density at radius 2 is 2.20 bits per heavy atom. The van der Waals surface area contributed by atoms with Crippen LogP contribution in [0.4, 0.5) is 0 Å². The van der Waals surface area contributed by atoms with Gasteiger partial charge in [-0.3, -0.25) is 10.6 Å². The molecule has 1 aromatic rings. The summed E-state index contributed by atoms with van der Waals surface area (Å²) in [7, 11) is 1.72. The van der Waals surface area contributed by atoms with Crippen LogP contribution in [0.2, 0.25) is 0 Å². The highest BCUT2D eigenvalue weighted by Crippen LogP contribution is 2.26. The minimum Gasteiger partial charge on any atom is -0.381 e. The zero-order valence-corrected chi connectivity index (χ0v) is 18.2. The van der Waals surface area contributed by atoms with E-state index >= 15 is 0 Å². The van der Waals surface area contributed by atoms with Gasteiger partial charge in [-0.1, -0.05) is 42.0 Å². The Kier molecular flexibility index (Phi) is 7.89. The molecule has 3 heterocycles. The quantitative estimate of drug-likeness (QED) is 0.562. The number of hydrogen-bond donors (Lipinski definition) is 3. The number of rotatable bonds is 8. The van der Waals surface area contributed by atoms with E-state index in [2.05, 4.69) is 64.4 Å². The molecule has 7 heteroatoms. The molecule has 0 aliphatic carbocycles. The van der Waals surface area contributed by atoms with Crippen LogP contribution in [0.3, 0.4) is 0 Å². The molecular formula is C23H36N4O3. The van der Waals surface area contributed by atoms with Gasteiger partial charge in [0.15, 0.2) is 6.35 Å². The smallest absolute Gasteiger partial charge is 0.165 e. The number of nitrogens with zero attached hydrogens (tertiary/aromatic N) is 1. The molecule has 30 heavy (non-hydrogen) atoms. The fourth-order valence-corrected chi connectivity index (χ4v) is 4.51. The third kappa shape index (κ3) is 5.88. The number of hydrazine groups is 1. The minimum atomic E-state index is -0.204. The van der Waals surface area contributed by atoms with Crippen LogP contribution in [0.5, 0.6) is 0 Å². The summed E-state index contributed by atoms with van der Waals surface area (Å²) in [6.45, 7) is 5.24. The Hall–Kier alpha value is -1.32. The number of nitrogens with one attached hydrogen (secondary N) is 3. The first-order valence-corrected chi connectivity index (χ1v) is 11.2. The van der Waals surface area contributed by atoms with Gasteiger partial charge >= 0.3 is 0 Å². The molecule has 0 aromatic heterocycles. The molecule has 3 saturated heterocycles. The van der Waals surface area contributed by atoms with E-state index < -0.39 is 0 Å². The largest absolute Gasteiger partial charge is 0.381 e. The van der Waals surface area contributed by atoms with Crippen molar-refractivity contribution in [2.24, 2.45) is 0 Å². The fourth-order valence-electron chi connectivity index (χ4n) is 4.51. The van der Waals surface area contributed by atoms with Crippen LogP contribution in [0.1, 0.15) is 42.9 Å². The van der Waals surface area contributed by atoms with Gasteiger partial charge in [-0.25, -0.2) is 10.4 Å². The Bertz CT molecular complexity index is 695. The number of methoxy groups -OCH3 is 1. The van der Waals surface area contributed by atoms with Gasteiger partial charge in [0.1, 0.15) is 0 Å². The summed E-state index contributed by atoms with van der Waals surface area (Å²) >= 11 is 0. The predicted octanol–water partition coefficient (Wildman–Crippen LogP) is 2.21. The Labute approximate surface area is 180 Å². The number of ether oxygens (including phenoxy) is 3. The van der Waals surface area contributed by atoms with Crippen molar-refractivity contribution in [3.05, 3.63) is 47.5 Å². The van der Waals surface area contributed by atoms with Gasteiger partial charge in [0.2, 0.25) is 0 Å². The molecule has 166 valence electrons. The summed E-state index contributed by atoms with van der Waals surface area (Å²) < 4.78 is 17.0. The highest BCUT2D eigenvalue weighted by molar-refractivity contribution is 5.25. The second-order valence-corrected chi connectivity index (χ2v) is 8.50. The van der Waals surface area contributed by atoms with Crippen molar-refractivity contribution >= 4 is 0 Å². The third-order valence-electron chi connectivity index (χ3n) is 6.09. The molecule has 3 aliphatic rings. The average Bonchev–Trinajstić information content (AvgIpc) is 3.45. The van der Waals surface area contributed by atoms with E-state index in [0.717, 1.165) is 38.8 Å². The van der Waals surface area contributed by atoms with E-state index in [1.807, 2.05) is 0 Å². The lowest BCUT2D eigenvalue weighted by Gasteiger charge is -2.40. The van der Waals surface area contributed by atoms with Gasteiger partial charge < -0.3 is 14.2 Å². The van der Waals surface area contributed by atoms with Crippen molar-refractivity contribution in [1.29, 1.82) is 0 Å². The lowest BCUT2D eigenvalue weighted by molar-refractivity contribution is -0.0834. The molecule has 1 aromatic carbocycles. The molecule has 0 radical (unpaired) electrons. The number of aryl methyl sites for hydroxylation is 1. The summed E-state index contributed by atoms with van der Waals surface area (Å²) in [5.74, 6) is 0. The van der Waals surface area contributed by atoms with Crippen LogP contribution >= 0.6 is 0 Å². The predicted molar refractivity (Wildman–Crippen MR) is 117 cm³/mol. The molecule has 3 N–H and O–H groups in total. The first-order valence-electron chi connectivity index (χ1n) is 11.2. The first-order chi connectivity index (χ1) is 14.7. The van der Waals surface area contributed by atoms with Crippen molar-refractivity contribution in [2.45, 2.75) is 63.3 Å². The van der Waals surface area contributed by atoms with Crippen LogP contribution < -0.4 is 16.1 Å². The van der Waals surface area contributed by atoms with E-state index in [1.54, 1.807) is 7.11 Å². The SMILES string of the molecule is COC/C=C/C1CC(N2CCC(c3cccc(C)c3)N2)NC(OCC2CCCO2)N1. The molecule has 0 amide bonds. The molecule has 4 rings (SSSR count). The Morgan fingerprint density at radius 1 is 1.27 bits per heavy atom. The third-order valence-corrected chi connectivity index (χ3v) is 6.09. The molecule has 0 saturated carbocycles. The van der Waals surface area contributed by atoms with E-state index in [0.29, 0.717) is 19.3 Å². The molecule has 0 bridgehead atoms. The normalized spacial score (nSPS) is 32.9. The number of hydrogen-bond acceptors (Lipinski definition) is 7. The Balaban J connectivity index is 1.37. The van der Waals surface area contributed by atoms with Crippen molar-refractivity contribution in [2.75, 3.05) is 33.5 Å². The topological polar surface area (TPSA) is 67.0 Å². The lowest BCUT2D eigenvalue weighted by Crippen LogP contribution is -2.65. The molecular weight excluding hydrogens is 380 g/mol. The maximum atomic E-state index is 6.15. The van der Waals surface area contributed by atoms with Gasteiger partial charge in [-0.05, 0) is 38.2 Å². The summed E-state index contributed by atoms with van der Waals surface area (Å²) in [4.78, 5) is 0. The maximum absolute atomic E-state index is 6.15. The fraction of sp³-hybridized carbons (Fsp3) is 0.652. The van der Waals surface area contributed by atoms with Crippen molar-refractivity contribution < 1.29 is 14.2 Å². The first kappa shape index (κ1) is 21.9. The minimum absolute atomic E-state index is 0.188. The lowest BCUT2D eigenvalue weighted by atomic mass is 10.0. The molecule has 0 spiro atoms. The van der Waals surface area contributed by atoms with Crippen molar-refractivity contribution in [1.82, 2.24) is 21.1 Å². The van der Waals surface area contributed by atoms with E-state index in [4.69, 9.17) is 14.2 Å². The van der Waals surface area contributed by atoms with Crippen LogP contribution in [-0.4, -0.2) is 63.1 Å². The zero-order valence-electron chi connectivity index (χ0n) is 18.2. The van der Waals surface area contributed by atoms with E-state index in [-0.39, 0.29) is 24.7 Å². The van der Waals surface area contributed by atoms with Gasteiger partial charge in [0.05, 0.1) is 25.5 Å². The number of benzene rings is 1. The van der Waals surface area contributed by atoms with Crippen molar-refractivity contribution in [3.63, 3.8) is 0 Å². The molecule has 5 atom stereocenters. The van der Waals surface area contributed by atoms with E-state index in [1.165, 1.54) is 11.1 Å². The highest BCUT2D eigenvalue weighted by Gasteiger charge is 2.35. The van der Waals surface area contributed by atoms with Crippen molar-refractivity contribution in [3.8, 4) is 0 Å². The molecule has 3 aliphatic heterocycles.